The molecule has 0 aliphatic carbocycles. The van der Waals surface area contributed by atoms with E-state index in [0.717, 1.165) is 16.7 Å². The summed E-state index contributed by atoms with van der Waals surface area (Å²) >= 11 is 0. The van der Waals surface area contributed by atoms with Crippen LogP contribution >= 0.6 is 0 Å². The Balaban J connectivity index is 2.13. The third-order valence-electron chi connectivity index (χ3n) is 3.00. The van der Waals surface area contributed by atoms with Gasteiger partial charge in [-0.05, 0) is 29.2 Å². The molecular formula is C14H17N3O2. The molecule has 1 aromatic heterocycles. The molecule has 1 aromatic carbocycles. The second kappa shape index (κ2) is 6.15. The zero-order chi connectivity index (χ0) is 13.7. The Morgan fingerprint density at radius 2 is 2.21 bits per heavy atom. The molecule has 0 saturated heterocycles. The fraction of sp³-hybridized carbons (Fsp3) is 0.286. The predicted octanol–water partition coefficient (Wildman–Crippen LogP) is 1.41. The van der Waals surface area contributed by atoms with Crippen LogP contribution in [-0.2, 0) is 24.3 Å². The van der Waals surface area contributed by atoms with E-state index in [-0.39, 0.29) is 6.42 Å². The minimum atomic E-state index is -0.788. The molecule has 1 heterocycles. The number of nitrogens with two attached hydrogens (primary N) is 1. The van der Waals surface area contributed by atoms with Gasteiger partial charge in [0.1, 0.15) is 0 Å². The van der Waals surface area contributed by atoms with Crippen LogP contribution in [-0.4, -0.2) is 20.9 Å². The van der Waals surface area contributed by atoms with Crippen LogP contribution in [0.2, 0.25) is 0 Å². The number of nitrogens with zero attached hydrogens (tertiary/aromatic N) is 2. The van der Waals surface area contributed by atoms with E-state index in [1.165, 1.54) is 0 Å². The highest BCUT2D eigenvalue weighted by Crippen LogP contribution is 2.14. The second-order valence-corrected chi connectivity index (χ2v) is 4.40. The number of hydrogen-bond acceptors (Lipinski definition) is 3. The van der Waals surface area contributed by atoms with Crippen molar-refractivity contribution in [3.8, 4) is 0 Å². The van der Waals surface area contributed by atoms with Gasteiger partial charge in [-0.1, -0.05) is 18.2 Å². The van der Waals surface area contributed by atoms with E-state index in [1.807, 2.05) is 35.1 Å². The molecule has 2 rings (SSSR count). The van der Waals surface area contributed by atoms with Crippen molar-refractivity contribution in [2.45, 2.75) is 25.9 Å². The van der Waals surface area contributed by atoms with Gasteiger partial charge >= 0.3 is 5.97 Å². The van der Waals surface area contributed by atoms with E-state index in [0.29, 0.717) is 19.5 Å². The van der Waals surface area contributed by atoms with Crippen molar-refractivity contribution in [2.75, 3.05) is 0 Å². The number of carbonyl (C=O) groups is 1. The number of rotatable bonds is 6. The number of carboxylic acids is 1. The summed E-state index contributed by atoms with van der Waals surface area (Å²) in [6.45, 7) is 1.11. The monoisotopic (exact) mass is 259 g/mol. The number of carboxylic acid groups (broad SMARTS) is 1. The highest BCUT2D eigenvalue weighted by Gasteiger charge is 2.06. The maximum atomic E-state index is 10.6. The molecule has 0 bridgehead atoms. The minimum absolute atomic E-state index is 0.130. The summed E-state index contributed by atoms with van der Waals surface area (Å²) < 4.78 is 1.84. The first-order chi connectivity index (χ1) is 9.19. The first-order valence-electron chi connectivity index (χ1n) is 6.19. The van der Waals surface area contributed by atoms with Crippen LogP contribution < -0.4 is 5.73 Å². The molecule has 5 heteroatoms. The van der Waals surface area contributed by atoms with Crippen LogP contribution in [0.25, 0.3) is 0 Å². The van der Waals surface area contributed by atoms with Gasteiger partial charge in [-0.15, -0.1) is 0 Å². The Morgan fingerprint density at radius 1 is 1.37 bits per heavy atom. The Hall–Kier alpha value is -2.14. The largest absolute Gasteiger partial charge is 0.481 e. The summed E-state index contributed by atoms with van der Waals surface area (Å²) in [5.74, 6) is -0.788. The Morgan fingerprint density at radius 3 is 2.84 bits per heavy atom. The van der Waals surface area contributed by atoms with Crippen molar-refractivity contribution in [3.63, 3.8) is 0 Å². The molecule has 100 valence electrons. The van der Waals surface area contributed by atoms with E-state index in [4.69, 9.17) is 10.8 Å². The van der Waals surface area contributed by atoms with Gasteiger partial charge in [0.2, 0.25) is 0 Å². The summed E-state index contributed by atoms with van der Waals surface area (Å²) in [6.07, 6.45) is 4.29. The molecule has 0 aliphatic rings. The topological polar surface area (TPSA) is 81.1 Å². The lowest BCUT2D eigenvalue weighted by Crippen LogP contribution is -2.07. The van der Waals surface area contributed by atoms with Gasteiger partial charge in [0.05, 0.1) is 6.54 Å². The highest BCUT2D eigenvalue weighted by molar-refractivity contribution is 5.67. The summed E-state index contributed by atoms with van der Waals surface area (Å²) in [5, 5.41) is 12.9. The van der Waals surface area contributed by atoms with Crippen LogP contribution in [0.5, 0.6) is 0 Å². The van der Waals surface area contributed by atoms with Gasteiger partial charge in [0.15, 0.2) is 0 Å². The van der Waals surface area contributed by atoms with Gasteiger partial charge in [-0.3, -0.25) is 9.48 Å². The van der Waals surface area contributed by atoms with E-state index in [9.17, 15) is 4.79 Å². The molecule has 0 spiro atoms. The van der Waals surface area contributed by atoms with E-state index >= 15 is 0 Å². The van der Waals surface area contributed by atoms with Crippen LogP contribution in [0.15, 0.2) is 36.7 Å². The lowest BCUT2D eigenvalue weighted by Gasteiger charge is -2.10. The molecule has 0 atom stereocenters. The van der Waals surface area contributed by atoms with Crippen LogP contribution in [0.1, 0.15) is 23.1 Å². The summed E-state index contributed by atoms with van der Waals surface area (Å²) in [5.41, 5.74) is 8.86. The van der Waals surface area contributed by atoms with E-state index in [1.54, 1.807) is 6.20 Å². The quantitative estimate of drug-likeness (QED) is 0.821. The molecule has 0 saturated carbocycles. The number of benzene rings is 1. The SMILES string of the molecule is NCc1cc(Cn2cccn2)ccc1CCC(=O)O. The van der Waals surface area contributed by atoms with Gasteiger partial charge in [0.25, 0.3) is 0 Å². The summed E-state index contributed by atoms with van der Waals surface area (Å²) in [7, 11) is 0. The average Bonchev–Trinajstić information content (AvgIpc) is 2.89. The standard InChI is InChI=1S/C14H17N3O2/c15-9-13-8-11(10-17-7-1-6-16-17)2-3-12(13)4-5-14(18)19/h1-3,6-8H,4-5,9-10,15H2,(H,18,19). The number of aromatic nitrogens is 2. The number of aryl methyl sites for hydroxylation is 1. The molecule has 0 amide bonds. The highest BCUT2D eigenvalue weighted by atomic mass is 16.4. The van der Waals surface area contributed by atoms with Gasteiger partial charge in [0, 0.05) is 25.4 Å². The molecule has 0 radical (unpaired) electrons. The lowest BCUT2D eigenvalue weighted by molar-refractivity contribution is -0.136. The zero-order valence-corrected chi connectivity index (χ0v) is 10.6. The fourth-order valence-electron chi connectivity index (χ4n) is 2.03. The van der Waals surface area contributed by atoms with Crippen LogP contribution in [0.3, 0.4) is 0 Å². The Kier molecular flexibility index (Phi) is 4.30. The van der Waals surface area contributed by atoms with Crippen molar-refractivity contribution in [1.82, 2.24) is 9.78 Å². The lowest BCUT2D eigenvalue weighted by atomic mass is 10.00. The molecule has 0 aliphatic heterocycles. The number of hydrogen-bond donors (Lipinski definition) is 2. The molecular weight excluding hydrogens is 242 g/mol. The minimum Gasteiger partial charge on any atom is -0.481 e. The first-order valence-corrected chi connectivity index (χ1v) is 6.19. The van der Waals surface area contributed by atoms with Crippen LogP contribution in [0.4, 0.5) is 0 Å². The summed E-state index contributed by atoms with van der Waals surface area (Å²) in [6, 6.07) is 7.87. The van der Waals surface area contributed by atoms with Crippen molar-refractivity contribution in [3.05, 3.63) is 53.3 Å². The molecule has 3 N–H and O–H groups in total. The summed E-state index contributed by atoms with van der Waals surface area (Å²) in [4.78, 5) is 10.6. The first kappa shape index (κ1) is 13.3. The van der Waals surface area contributed by atoms with Gasteiger partial charge < -0.3 is 10.8 Å². The fourth-order valence-corrected chi connectivity index (χ4v) is 2.03. The average molecular weight is 259 g/mol. The maximum absolute atomic E-state index is 10.6. The van der Waals surface area contributed by atoms with E-state index < -0.39 is 5.97 Å². The second-order valence-electron chi connectivity index (χ2n) is 4.40. The molecule has 5 nitrogen and oxygen atoms in total. The zero-order valence-electron chi connectivity index (χ0n) is 10.6. The normalized spacial score (nSPS) is 10.6. The third kappa shape index (κ3) is 3.66. The molecule has 19 heavy (non-hydrogen) atoms. The molecule has 0 fully saturated rings. The van der Waals surface area contributed by atoms with Crippen molar-refractivity contribution >= 4 is 5.97 Å². The smallest absolute Gasteiger partial charge is 0.303 e. The molecule has 0 unspecified atom stereocenters. The van der Waals surface area contributed by atoms with Crippen molar-refractivity contribution in [2.24, 2.45) is 5.73 Å². The molecule has 2 aromatic rings. The third-order valence-corrected chi connectivity index (χ3v) is 3.00. The Bertz CT molecular complexity index is 550. The van der Waals surface area contributed by atoms with Gasteiger partial charge in [-0.2, -0.15) is 5.10 Å². The van der Waals surface area contributed by atoms with Gasteiger partial charge in [-0.25, -0.2) is 0 Å². The van der Waals surface area contributed by atoms with Crippen LogP contribution in [0, 0.1) is 0 Å². The van der Waals surface area contributed by atoms with Crippen molar-refractivity contribution < 1.29 is 9.90 Å². The Labute approximate surface area is 111 Å². The van der Waals surface area contributed by atoms with E-state index in [2.05, 4.69) is 5.10 Å². The van der Waals surface area contributed by atoms with Crippen molar-refractivity contribution in [1.29, 1.82) is 0 Å². The predicted molar refractivity (Wildman–Crippen MR) is 71.6 cm³/mol. The number of aliphatic carboxylic acids is 1. The maximum Gasteiger partial charge on any atom is 0.303 e.